The third-order valence-corrected chi connectivity index (χ3v) is 1.13. The SMILES string of the molecule is CC(=O)NCCCNC(=O)C=O. The molecule has 0 aromatic carbocycles. The molecule has 0 rings (SSSR count). The molecule has 0 saturated heterocycles. The molecule has 0 aromatic rings. The Morgan fingerprint density at radius 1 is 1.25 bits per heavy atom. The van der Waals surface area contributed by atoms with Crippen molar-refractivity contribution >= 4 is 18.1 Å². The molecule has 0 saturated carbocycles. The molecule has 0 fully saturated rings. The van der Waals surface area contributed by atoms with Crippen LogP contribution in [0.15, 0.2) is 0 Å². The molecule has 0 bridgehead atoms. The molecule has 0 spiro atoms. The molecule has 2 amide bonds. The second kappa shape index (κ2) is 6.33. The van der Waals surface area contributed by atoms with Gasteiger partial charge in [0.15, 0.2) is 0 Å². The lowest BCUT2D eigenvalue weighted by Gasteiger charge is -2.01. The first-order valence-corrected chi connectivity index (χ1v) is 3.64. The first kappa shape index (κ1) is 10.6. The number of hydrogen-bond acceptors (Lipinski definition) is 3. The summed E-state index contributed by atoms with van der Waals surface area (Å²) in [5.74, 6) is -0.727. The summed E-state index contributed by atoms with van der Waals surface area (Å²) in [6, 6.07) is 0. The van der Waals surface area contributed by atoms with Gasteiger partial charge in [0.25, 0.3) is 5.91 Å². The number of hydrogen-bond donors (Lipinski definition) is 2. The van der Waals surface area contributed by atoms with Crippen LogP contribution in [-0.4, -0.2) is 31.2 Å². The first-order chi connectivity index (χ1) is 5.66. The lowest BCUT2D eigenvalue weighted by atomic mass is 10.4. The molecule has 68 valence electrons. The second-order valence-electron chi connectivity index (χ2n) is 2.25. The summed E-state index contributed by atoms with van der Waals surface area (Å²) in [4.78, 5) is 30.5. The number of aldehydes is 1. The van der Waals surface area contributed by atoms with E-state index in [0.717, 1.165) is 0 Å². The van der Waals surface area contributed by atoms with Crippen molar-refractivity contribution in [2.45, 2.75) is 13.3 Å². The highest BCUT2D eigenvalue weighted by atomic mass is 16.2. The Hall–Kier alpha value is -1.39. The van der Waals surface area contributed by atoms with Crippen molar-refractivity contribution < 1.29 is 14.4 Å². The van der Waals surface area contributed by atoms with Crippen molar-refractivity contribution in [3.63, 3.8) is 0 Å². The van der Waals surface area contributed by atoms with Crippen LogP contribution in [0, 0.1) is 0 Å². The summed E-state index contributed by atoms with van der Waals surface area (Å²) >= 11 is 0. The zero-order valence-electron chi connectivity index (χ0n) is 6.92. The van der Waals surface area contributed by atoms with Crippen molar-refractivity contribution in [1.82, 2.24) is 10.6 Å². The lowest BCUT2D eigenvalue weighted by molar-refractivity contribution is -0.131. The Bertz CT molecular complexity index is 179. The minimum Gasteiger partial charge on any atom is -0.356 e. The quantitative estimate of drug-likeness (QED) is 0.311. The van der Waals surface area contributed by atoms with Gasteiger partial charge >= 0.3 is 0 Å². The fraction of sp³-hybridized carbons (Fsp3) is 0.571. The maximum Gasteiger partial charge on any atom is 0.284 e. The van der Waals surface area contributed by atoms with E-state index in [1.165, 1.54) is 6.92 Å². The van der Waals surface area contributed by atoms with Crippen LogP contribution in [0.5, 0.6) is 0 Å². The van der Waals surface area contributed by atoms with Crippen LogP contribution < -0.4 is 10.6 Å². The van der Waals surface area contributed by atoms with Gasteiger partial charge in [-0.25, -0.2) is 0 Å². The van der Waals surface area contributed by atoms with Gasteiger partial charge in [-0.05, 0) is 6.42 Å². The number of nitrogens with one attached hydrogen (secondary N) is 2. The fourth-order valence-corrected chi connectivity index (χ4v) is 0.606. The van der Waals surface area contributed by atoms with E-state index in [9.17, 15) is 14.4 Å². The van der Waals surface area contributed by atoms with E-state index in [2.05, 4.69) is 10.6 Å². The minimum absolute atomic E-state index is 0.100. The standard InChI is InChI=1S/C7H12N2O3/c1-6(11)8-3-2-4-9-7(12)5-10/h5H,2-4H2,1H3,(H,8,11)(H,9,12). The zero-order valence-corrected chi connectivity index (χ0v) is 6.92. The summed E-state index contributed by atoms with van der Waals surface area (Å²) in [5.41, 5.74) is 0. The molecule has 5 nitrogen and oxygen atoms in total. The van der Waals surface area contributed by atoms with Crippen LogP contribution in [0.1, 0.15) is 13.3 Å². The Balaban J connectivity index is 3.16. The normalized spacial score (nSPS) is 8.75. The van der Waals surface area contributed by atoms with Crippen molar-refractivity contribution in [3.05, 3.63) is 0 Å². The van der Waals surface area contributed by atoms with Crippen LogP contribution in [0.2, 0.25) is 0 Å². The average molecular weight is 172 g/mol. The molecule has 0 unspecified atom stereocenters. The monoisotopic (exact) mass is 172 g/mol. The number of carbonyl (C=O) groups is 3. The predicted molar refractivity (Wildman–Crippen MR) is 42.4 cm³/mol. The summed E-state index contributed by atoms with van der Waals surface area (Å²) < 4.78 is 0. The molecule has 5 heteroatoms. The van der Waals surface area contributed by atoms with E-state index in [-0.39, 0.29) is 12.2 Å². The van der Waals surface area contributed by atoms with E-state index >= 15 is 0 Å². The maximum absolute atomic E-state index is 10.3. The summed E-state index contributed by atoms with van der Waals surface area (Å²) in [7, 11) is 0. The fourth-order valence-electron chi connectivity index (χ4n) is 0.606. The smallest absolute Gasteiger partial charge is 0.284 e. The van der Waals surface area contributed by atoms with Crippen LogP contribution in [-0.2, 0) is 14.4 Å². The Morgan fingerprint density at radius 3 is 2.33 bits per heavy atom. The van der Waals surface area contributed by atoms with E-state index in [4.69, 9.17) is 0 Å². The third kappa shape index (κ3) is 6.73. The number of amides is 2. The van der Waals surface area contributed by atoms with Crippen LogP contribution in [0.3, 0.4) is 0 Å². The molecule has 0 aliphatic rings. The average Bonchev–Trinajstić information content (AvgIpc) is 2.03. The molecule has 0 heterocycles. The Kier molecular flexibility index (Phi) is 5.60. The summed E-state index contributed by atoms with van der Waals surface area (Å²) in [5, 5.41) is 4.91. The largest absolute Gasteiger partial charge is 0.356 e. The summed E-state index contributed by atoms with van der Waals surface area (Å²) in [6.45, 7) is 2.33. The predicted octanol–water partition coefficient (Wildman–Crippen LogP) is -1.17. The highest BCUT2D eigenvalue weighted by molar-refractivity contribution is 6.23. The molecule has 0 atom stereocenters. The molecule has 12 heavy (non-hydrogen) atoms. The van der Waals surface area contributed by atoms with Crippen LogP contribution >= 0.6 is 0 Å². The van der Waals surface area contributed by atoms with Gasteiger partial charge in [-0.3, -0.25) is 14.4 Å². The van der Waals surface area contributed by atoms with E-state index in [1.807, 2.05) is 0 Å². The maximum atomic E-state index is 10.3. The Labute approximate surface area is 70.5 Å². The van der Waals surface area contributed by atoms with Crippen LogP contribution in [0.4, 0.5) is 0 Å². The highest BCUT2D eigenvalue weighted by Gasteiger charge is 1.95. The van der Waals surface area contributed by atoms with Gasteiger partial charge in [0, 0.05) is 20.0 Å². The van der Waals surface area contributed by atoms with E-state index in [1.54, 1.807) is 0 Å². The van der Waals surface area contributed by atoms with Gasteiger partial charge in [-0.15, -0.1) is 0 Å². The second-order valence-corrected chi connectivity index (χ2v) is 2.25. The summed E-state index contributed by atoms with van der Waals surface area (Å²) in [6.07, 6.45) is 0.845. The van der Waals surface area contributed by atoms with E-state index < -0.39 is 5.91 Å². The Morgan fingerprint density at radius 2 is 1.83 bits per heavy atom. The minimum atomic E-state index is -0.627. The molecular formula is C7H12N2O3. The van der Waals surface area contributed by atoms with E-state index in [0.29, 0.717) is 19.5 Å². The van der Waals surface area contributed by atoms with Crippen molar-refractivity contribution in [3.8, 4) is 0 Å². The topological polar surface area (TPSA) is 75.3 Å². The van der Waals surface area contributed by atoms with Gasteiger partial charge in [-0.1, -0.05) is 0 Å². The molecular weight excluding hydrogens is 160 g/mol. The van der Waals surface area contributed by atoms with Gasteiger partial charge < -0.3 is 10.6 Å². The third-order valence-electron chi connectivity index (χ3n) is 1.13. The molecule has 0 aliphatic heterocycles. The van der Waals surface area contributed by atoms with Gasteiger partial charge in [0.1, 0.15) is 0 Å². The van der Waals surface area contributed by atoms with Crippen molar-refractivity contribution in [2.75, 3.05) is 13.1 Å². The lowest BCUT2D eigenvalue weighted by Crippen LogP contribution is -2.29. The number of carbonyl (C=O) groups excluding carboxylic acids is 3. The zero-order chi connectivity index (χ0) is 9.40. The molecule has 0 radical (unpaired) electrons. The van der Waals surface area contributed by atoms with Gasteiger partial charge in [0.2, 0.25) is 12.2 Å². The molecule has 0 aromatic heterocycles. The molecule has 0 aliphatic carbocycles. The van der Waals surface area contributed by atoms with Crippen molar-refractivity contribution in [1.29, 1.82) is 0 Å². The molecule has 2 N–H and O–H groups in total. The van der Waals surface area contributed by atoms with Crippen molar-refractivity contribution in [2.24, 2.45) is 0 Å². The first-order valence-electron chi connectivity index (χ1n) is 3.64. The van der Waals surface area contributed by atoms with Gasteiger partial charge in [-0.2, -0.15) is 0 Å². The highest BCUT2D eigenvalue weighted by Crippen LogP contribution is 1.72. The van der Waals surface area contributed by atoms with Crippen LogP contribution in [0.25, 0.3) is 0 Å². The van der Waals surface area contributed by atoms with Gasteiger partial charge in [0.05, 0.1) is 0 Å². The number of rotatable bonds is 5.